The average molecular weight is 481 g/mol. The zero-order chi connectivity index (χ0) is 21.8. The van der Waals surface area contributed by atoms with Crippen molar-refractivity contribution in [3.05, 3.63) is 56.5 Å². The molecule has 0 fully saturated rings. The van der Waals surface area contributed by atoms with Crippen LogP contribution in [0.1, 0.15) is 34.6 Å². The molecule has 7 nitrogen and oxygen atoms in total. The number of benzene rings is 2. The average Bonchev–Trinajstić information content (AvgIpc) is 2.64. The van der Waals surface area contributed by atoms with Crippen LogP contribution in [0, 0.1) is 0 Å². The first-order chi connectivity index (χ1) is 13.6. The van der Waals surface area contributed by atoms with Gasteiger partial charge in [0.15, 0.2) is 0 Å². The van der Waals surface area contributed by atoms with Crippen LogP contribution in [0.15, 0.2) is 35.2 Å². The predicted molar refractivity (Wildman–Crippen MR) is 111 cm³/mol. The number of hydrogen-bond donors (Lipinski definition) is 1. The van der Waals surface area contributed by atoms with Gasteiger partial charge >= 0.3 is 11.9 Å². The van der Waals surface area contributed by atoms with Gasteiger partial charge in [0, 0.05) is 0 Å². The zero-order valence-electron chi connectivity index (χ0n) is 15.3. The van der Waals surface area contributed by atoms with Gasteiger partial charge in [0.1, 0.15) is 4.90 Å². The van der Waals surface area contributed by atoms with Crippen molar-refractivity contribution < 1.29 is 27.5 Å². The van der Waals surface area contributed by atoms with Crippen LogP contribution in [0.4, 0.5) is 5.69 Å². The fourth-order valence-electron chi connectivity index (χ4n) is 2.27. The van der Waals surface area contributed by atoms with E-state index in [1.54, 1.807) is 13.8 Å². The second kappa shape index (κ2) is 9.67. The number of sulfonamides is 1. The number of anilines is 1. The number of hydrogen-bond acceptors (Lipinski definition) is 6. The van der Waals surface area contributed by atoms with E-state index in [2.05, 4.69) is 4.72 Å². The number of halogens is 3. The van der Waals surface area contributed by atoms with E-state index >= 15 is 0 Å². The lowest BCUT2D eigenvalue weighted by Crippen LogP contribution is -2.18. The SMILES string of the molecule is CCOC(=O)c1ccc(C(=O)OCC)c(NS(=O)(=O)c2cc(Cl)c(Cl)cc2Cl)c1. The molecule has 0 saturated carbocycles. The first-order valence-corrected chi connectivity index (χ1v) is 10.9. The van der Waals surface area contributed by atoms with Crippen molar-refractivity contribution in [1.29, 1.82) is 0 Å². The highest BCUT2D eigenvalue weighted by Crippen LogP contribution is 2.33. The Hall–Kier alpha value is -2.00. The molecule has 0 bridgehead atoms. The van der Waals surface area contributed by atoms with Crippen LogP contribution in [-0.2, 0) is 19.5 Å². The van der Waals surface area contributed by atoms with Gasteiger partial charge in [-0.15, -0.1) is 0 Å². The first kappa shape index (κ1) is 23.3. The van der Waals surface area contributed by atoms with Gasteiger partial charge < -0.3 is 9.47 Å². The molecule has 0 aromatic heterocycles. The van der Waals surface area contributed by atoms with Crippen molar-refractivity contribution in [2.45, 2.75) is 18.7 Å². The standard InChI is InChI=1S/C18H16Cl3NO6S/c1-3-27-17(23)10-5-6-11(18(24)28-4-2)15(7-10)22-29(25,26)16-9-13(20)12(19)8-14(16)21/h5-9,22H,3-4H2,1-2H3. The third-order valence-electron chi connectivity index (χ3n) is 3.53. The summed E-state index contributed by atoms with van der Waals surface area (Å²) < 4.78 is 37.8. The monoisotopic (exact) mass is 479 g/mol. The topological polar surface area (TPSA) is 98.8 Å². The summed E-state index contributed by atoms with van der Waals surface area (Å²) >= 11 is 17.7. The van der Waals surface area contributed by atoms with Gasteiger partial charge in [0.05, 0.1) is 45.1 Å². The number of carbonyl (C=O) groups is 2. The summed E-state index contributed by atoms with van der Waals surface area (Å²) in [6.45, 7) is 3.42. The maximum atomic E-state index is 12.9. The second-order valence-corrected chi connectivity index (χ2v) is 8.38. The highest BCUT2D eigenvalue weighted by Gasteiger charge is 2.24. The Labute approximate surface area is 182 Å². The second-order valence-electron chi connectivity index (χ2n) is 5.50. The van der Waals surface area contributed by atoms with E-state index < -0.39 is 22.0 Å². The molecule has 0 radical (unpaired) electrons. The summed E-state index contributed by atoms with van der Waals surface area (Å²) in [5.41, 5.74) is -0.242. The zero-order valence-corrected chi connectivity index (χ0v) is 18.4. The van der Waals surface area contributed by atoms with Crippen LogP contribution in [0.3, 0.4) is 0 Å². The molecule has 0 atom stereocenters. The summed E-state index contributed by atoms with van der Waals surface area (Å²) in [6.07, 6.45) is 0. The molecule has 0 unspecified atom stereocenters. The Morgan fingerprint density at radius 2 is 1.48 bits per heavy atom. The molecule has 11 heteroatoms. The summed E-state index contributed by atoms with van der Waals surface area (Å²) in [6, 6.07) is 6.02. The highest BCUT2D eigenvalue weighted by molar-refractivity contribution is 7.92. The van der Waals surface area contributed by atoms with Crippen molar-refractivity contribution >= 4 is 62.5 Å². The van der Waals surface area contributed by atoms with Crippen LogP contribution in [0.5, 0.6) is 0 Å². The predicted octanol–water partition coefficient (Wildman–Crippen LogP) is 4.80. The molecule has 0 aliphatic heterocycles. The van der Waals surface area contributed by atoms with Gasteiger partial charge in [-0.2, -0.15) is 0 Å². The molecule has 0 heterocycles. The maximum absolute atomic E-state index is 12.9. The summed E-state index contributed by atoms with van der Waals surface area (Å²) in [5, 5.41) is -0.124. The van der Waals surface area contributed by atoms with Gasteiger partial charge in [-0.1, -0.05) is 34.8 Å². The Balaban J connectivity index is 2.55. The van der Waals surface area contributed by atoms with Gasteiger partial charge in [0.2, 0.25) is 0 Å². The summed E-state index contributed by atoms with van der Waals surface area (Å²) in [5.74, 6) is -1.46. The minimum atomic E-state index is -4.29. The fraction of sp³-hybridized carbons (Fsp3) is 0.222. The Morgan fingerprint density at radius 3 is 2.10 bits per heavy atom. The number of rotatable bonds is 7. The van der Waals surface area contributed by atoms with E-state index in [0.717, 1.165) is 6.07 Å². The molecule has 0 saturated heterocycles. The first-order valence-electron chi connectivity index (χ1n) is 8.26. The van der Waals surface area contributed by atoms with E-state index in [9.17, 15) is 18.0 Å². The van der Waals surface area contributed by atoms with Crippen molar-refractivity contribution in [3.63, 3.8) is 0 Å². The maximum Gasteiger partial charge on any atom is 0.340 e. The summed E-state index contributed by atoms with van der Waals surface area (Å²) in [7, 11) is -4.29. The molecule has 2 aromatic carbocycles. The van der Waals surface area contributed by atoms with Gasteiger partial charge in [0.25, 0.3) is 10.0 Å². The highest BCUT2D eigenvalue weighted by atomic mass is 35.5. The minimum Gasteiger partial charge on any atom is -0.462 e. The van der Waals surface area contributed by atoms with Gasteiger partial charge in [-0.3, -0.25) is 4.72 Å². The lowest BCUT2D eigenvalue weighted by Gasteiger charge is -2.14. The van der Waals surface area contributed by atoms with E-state index in [0.29, 0.717) is 0 Å². The Bertz CT molecular complexity index is 1060. The van der Waals surface area contributed by atoms with Crippen LogP contribution in [0.2, 0.25) is 15.1 Å². The van der Waals surface area contributed by atoms with E-state index in [1.165, 1.54) is 24.3 Å². The third kappa shape index (κ3) is 5.54. The van der Waals surface area contributed by atoms with E-state index in [-0.39, 0.29) is 50.0 Å². The smallest absolute Gasteiger partial charge is 0.340 e. The Morgan fingerprint density at radius 1 is 0.897 bits per heavy atom. The lowest BCUT2D eigenvalue weighted by molar-refractivity contribution is 0.0512. The fourth-order valence-corrected chi connectivity index (χ4v) is 4.34. The largest absolute Gasteiger partial charge is 0.462 e. The Kier molecular flexibility index (Phi) is 7.76. The molecule has 0 aliphatic rings. The van der Waals surface area contributed by atoms with Crippen molar-refractivity contribution in [3.8, 4) is 0 Å². The van der Waals surface area contributed by atoms with E-state index in [1.807, 2.05) is 0 Å². The molecular weight excluding hydrogens is 465 g/mol. The summed E-state index contributed by atoms with van der Waals surface area (Å²) in [4.78, 5) is 23.9. The van der Waals surface area contributed by atoms with Gasteiger partial charge in [-0.25, -0.2) is 18.0 Å². The molecule has 2 aromatic rings. The number of ether oxygens (including phenoxy) is 2. The molecular formula is C18H16Cl3NO6S. The molecule has 29 heavy (non-hydrogen) atoms. The number of nitrogens with one attached hydrogen (secondary N) is 1. The minimum absolute atomic E-state index is 0.0256. The van der Waals surface area contributed by atoms with Crippen LogP contribution < -0.4 is 4.72 Å². The van der Waals surface area contributed by atoms with Gasteiger partial charge in [-0.05, 0) is 44.2 Å². The van der Waals surface area contributed by atoms with Crippen molar-refractivity contribution in [2.75, 3.05) is 17.9 Å². The third-order valence-corrected chi connectivity index (χ3v) is 6.09. The quantitative estimate of drug-likeness (QED) is 0.451. The lowest BCUT2D eigenvalue weighted by atomic mass is 10.1. The number of carbonyl (C=O) groups excluding carboxylic acids is 2. The number of esters is 2. The molecule has 0 aliphatic carbocycles. The van der Waals surface area contributed by atoms with Crippen molar-refractivity contribution in [2.24, 2.45) is 0 Å². The normalized spacial score (nSPS) is 11.1. The molecule has 156 valence electrons. The van der Waals surface area contributed by atoms with Crippen LogP contribution >= 0.6 is 34.8 Å². The van der Waals surface area contributed by atoms with E-state index in [4.69, 9.17) is 44.3 Å². The molecule has 0 spiro atoms. The van der Waals surface area contributed by atoms with Crippen LogP contribution in [0.25, 0.3) is 0 Å². The molecule has 1 N–H and O–H groups in total. The van der Waals surface area contributed by atoms with Crippen LogP contribution in [-0.4, -0.2) is 33.6 Å². The van der Waals surface area contributed by atoms with Crippen molar-refractivity contribution in [1.82, 2.24) is 0 Å². The molecule has 0 amide bonds. The molecule has 2 rings (SSSR count).